The highest BCUT2D eigenvalue weighted by Gasteiger charge is 2.30. The summed E-state index contributed by atoms with van der Waals surface area (Å²) in [5, 5.41) is 0. The van der Waals surface area contributed by atoms with Crippen molar-refractivity contribution in [1.82, 2.24) is 0 Å². The van der Waals surface area contributed by atoms with Gasteiger partial charge in [-0.1, -0.05) is 12.1 Å². The molecule has 19 heavy (non-hydrogen) atoms. The van der Waals surface area contributed by atoms with E-state index in [0.717, 1.165) is 28.7 Å². The second kappa shape index (κ2) is 5.75. The molecule has 5 heteroatoms. The molecule has 2 N–H and O–H groups in total. The highest BCUT2D eigenvalue weighted by atomic mass is 32.1. The van der Waals surface area contributed by atoms with Crippen LogP contribution in [0.15, 0.2) is 36.4 Å². The zero-order valence-electron chi connectivity index (χ0n) is 10.2. The van der Waals surface area contributed by atoms with E-state index in [1.54, 1.807) is 6.07 Å². The molecule has 0 unspecified atom stereocenters. The van der Waals surface area contributed by atoms with Crippen molar-refractivity contribution in [2.45, 2.75) is 19.0 Å². The first-order valence-corrected chi connectivity index (χ1v) is 6.79. The Labute approximate surface area is 113 Å². The van der Waals surface area contributed by atoms with Gasteiger partial charge in [0.15, 0.2) is 0 Å². The van der Waals surface area contributed by atoms with Gasteiger partial charge in [-0.3, -0.25) is 0 Å². The fourth-order valence-electron chi connectivity index (χ4n) is 1.79. The summed E-state index contributed by atoms with van der Waals surface area (Å²) in [6.07, 6.45) is -2.53. The van der Waals surface area contributed by atoms with E-state index in [9.17, 15) is 13.2 Å². The third kappa shape index (κ3) is 3.58. The van der Waals surface area contributed by atoms with Crippen molar-refractivity contribution in [3.63, 3.8) is 0 Å². The van der Waals surface area contributed by atoms with Crippen LogP contribution in [-0.2, 0) is 12.6 Å². The summed E-state index contributed by atoms with van der Waals surface area (Å²) in [6.45, 7) is 0.622. The van der Waals surface area contributed by atoms with Gasteiger partial charge in [0, 0.05) is 9.75 Å². The van der Waals surface area contributed by atoms with Crippen molar-refractivity contribution in [3.05, 3.63) is 46.8 Å². The number of hydrogen-bond acceptors (Lipinski definition) is 2. The summed E-state index contributed by atoms with van der Waals surface area (Å²) in [5.74, 6) is 0. The molecule has 102 valence electrons. The van der Waals surface area contributed by atoms with Gasteiger partial charge >= 0.3 is 6.18 Å². The number of thiophene rings is 1. The smallest absolute Gasteiger partial charge is 0.330 e. The summed E-state index contributed by atoms with van der Waals surface area (Å²) in [5.41, 5.74) is 5.44. The van der Waals surface area contributed by atoms with Gasteiger partial charge in [-0.15, -0.1) is 11.3 Å². The van der Waals surface area contributed by atoms with Gasteiger partial charge in [0.1, 0.15) is 0 Å². The Morgan fingerprint density at radius 3 is 2.58 bits per heavy atom. The van der Waals surface area contributed by atoms with E-state index in [-0.39, 0.29) is 0 Å². The fraction of sp³-hybridized carbons (Fsp3) is 0.286. The third-order valence-electron chi connectivity index (χ3n) is 2.76. The number of rotatable bonds is 4. The van der Waals surface area contributed by atoms with Gasteiger partial charge in [0.05, 0.1) is 5.56 Å². The van der Waals surface area contributed by atoms with Gasteiger partial charge in [-0.2, -0.15) is 13.2 Å². The Morgan fingerprint density at radius 2 is 1.89 bits per heavy atom. The molecule has 1 nitrogen and oxygen atoms in total. The first-order valence-electron chi connectivity index (χ1n) is 5.97. The second-order valence-electron chi connectivity index (χ2n) is 4.24. The molecular weight excluding hydrogens is 271 g/mol. The van der Waals surface area contributed by atoms with Crippen LogP contribution in [0.25, 0.3) is 10.4 Å². The zero-order chi connectivity index (χ0) is 13.9. The average molecular weight is 285 g/mol. The summed E-state index contributed by atoms with van der Waals surface area (Å²) in [4.78, 5) is 2.01. The van der Waals surface area contributed by atoms with Gasteiger partial charge in [0.25, 0.3) is 0 Å². The SMILES string of the molecule is NCCCc1ccc(-c2cccc(C(F)(F)F)c2)s1. The van der Waals surface area contributed by atoms with Crippen LogP contribution in [0.4, 0.5) is 13.2 Å². The predicted octanol–water partition coefficient (Wildman–Crippen LogP) is 4.33. The van der Waals surface area contributed by atoms with E-state index in [2.05, 4.69) is 0 Å². The van der Waals surface area contributed by atoms with Crippen LogP contribution in [-0.4, -0.2) is 6.54 Å². The molecule has 2 aromatic rings. The summed E-state index contributed by atoms with van der Waals surface area (Å²) in [7, 11) is 0. The Balaban J connectivity index is 2.24. The Kier molecular flexibility index (Phi) is 4.27. The maximum Gasteiger partial charge on any atom is 0.416 e. The lowest BCUT2D eigenvalue weighted by Crippen LogP contribution is -2.04. The summed E-state index contributed by atoms with van der Waals surface area (Å²) >= 11 is 1.52. The highest BCUT2D eigenvalue weighted by molar-refractivity contribution is 7.15. The first kappa shape index (κ1) is 14.1. The molecule has 0 saturated carbocycles. The normalized spacial score (nSPS) is 11.8. The lowest BCUT2D eigenvalue weighted by Gasteiger charge is -2.07. The van der Waals surface area contributed by atoms with Crippen LogP contribution < -0.4 is 5.73 Å². The van der Waals surface area contributed by atoms with E-state index in [1.165, 1.54) is 23.5 Å². The molecule has 1 heterocycles. The average Bonchev–Trinajstić information content (AvgIpc) is 2.84. The molecule has 0 fully saturated rings. The maximum atomic E-state index is 12.6. The standard InChI is InChI=1S/C14H14F3NS/c15-14(16,17)11-4-1-3-10(9-11)13-7-6-12(19-13)5-2-8-18/h1,3-4,6-7,9H,2,5,8,18H2. The van der Waals surface area contributed by atoms with Crippen molar-refractivity contribution >= 4 is 11.3 Å². The maximum absolute atomic E-state index is 12.6. The van der Waals surface area contributed by atoms with E-state index in [4.69, 9.17) is 5.73 Å². The minimum Gasteiger partial charge on any atom is -0.330 e. The third-order valence-corrected chi connectivity index (χ3v) is 3.96. The zero-order valence-corrected chi connectivity index (χ0v) is 11.0. The van der Waals surface area contributed by atoms with E-state index in [0.29, 0.717) is 12.1 Å². The van der Waals surface area contributed by atoms with E-state index < -0.39 is 11.7 Å². The van der Waals surface area contributed by atoms with Crippen LogP contribution in [0.1, 0.15) is 16.9 Å². The lowest BCUT2D eigenvalue weighted by molar-refractivity contribution is -0.137. The first-order chi connectivity index (χ1) is 9.00. The highest BCUT2D eigenvalue weighted by Crippen LogP contribution is 2.34. The number of alkyl halides is 3. The van der Waals surface area contributed by atoms with Gasteiger partial charge in [0.2, 0.25) is 0 Å². The minimum absolute atomic E-state index is 0.609. The molecule has 0 aliphatic carbocycles. The molecule has 0 atom stereocenters. The minimum atomic E-state index is -4.30. The molecule has 0 bridgehead atoms. The largest absolute Gasteiger partial charge is 0.416 e. The van der Waals surface area contributed by atoms with Crippen LogP contribution in [0.2, 0.25) is 0 Å². The van der Waals surface area contributed by atoms with Crippen LogP contribution >= 0.6 is 11.3 Å². The molecular formula is C14H14F3NS. The number of halogens is 3. The fourth-order valence-corrected chi connectivity index (χ4v) is 2.84. The molecule has 1 aromatic heterocycles. The van der Waals surface area contributed by atoms with E-state index >= 15 is 0 Å². The second-order valence-corrected chi connectivity index (χ2v) is 5.41. The van der Waals surface area contributed by atoms with Crippen molar-refractivity contribution in [2.75, 3.05) is 6.54 Å². The molecule has 0 radical (unpaired) electrons. The van der Waals surface area contributed by atoms with Crippen LogP contribution in [0.5, 0.6) is 0 Å². The van der Waals surface area contributed by atoms with Crippen LogP contribution in [0.3, 0.4) is 0 Å². The molecule has 1 aromatic carbocycles. The lowest BCUT2D eigenvalue weighted by atomic mass is 10.1. The summed E-state index contributed by atoms with van der Waals surface area (Å²) < 4.78 is 37.9. The van der Waals surface area contributed by atoms with Gasteiger partial charge in [-0.05, 0) is 49.2 Å². The van der Waals surface area contributed by atoms with Crippen molar-refractivity contribution < 1.29 is 13.2 Å². The van der Waals surface area contributed by atoms with Gasteiger partial charge < -0.3 is 5.73 Å². The molecule has 0 amide bonds. The van der Waals surface area contributed by atoms with Gasteiger partial charge in [-0.25, -0.2) is 0 Å². The summed E-state index contributed by atoms with van der Waals surface area (Å²) in [6, 6.07) is 9.25. The monoisotopic (exact) mass is 285 g/mol. The number of benzene rings is 1. The number of nitrogens with two attached hydrogens (primary N) is 1. The Morgan fingerprint density at radius 1 is 1.11 bits per heavy atom. The Bertz CT molecular complexity index is 546. The molecule has 0 aliphatic heterocycles. The van der Waals surface area contributed by atoms with Crippen LogP contribution in [0, 0.1) is 0 Å². The number of hydrogen-bond donors (Lipinski definition) is 1. The molecule has 0 saturated heterocycles. The van der Waals surface area contributed by atoms with Crippen molar-refractivity contribution in [3.8, 4) is 10.4 Å². The number of aryl methyl sites for hydroxylation is 1. The molecule has 2 rings (SSSR count). The molecule has 0 spiro atoms. The predicted molar refractivity (Wildman–Crippen MR) is 72.1 cm³/mol. The topological polar surface area (TPSA) is 26.0 Å². The van der Waals surface area contributed by atoms with Crippen molar-refractivity contribution in [2.24, 2.45) is 5.73 Å². The molecule has 0 aliphatic rings. The van der Waals surface area contributed by atoms with Crippen molar-refractivity contribution in [1.29, 1.82) is 0 Å². The quantitative estimate of drug-likeness (QED) is 0.889. The Hall–Kier alpha value is -1.33. The van der Waals surface area contributed by atoms with E-state index in [1.807, 2.05) is 12.1 Å².